The van der Waals surface area contributed by atoms with Gasteiger partial charge in [-0.2, -0.15) is 5.26 Å². The van der Waals surface area contributed by atoms with E-state index in [9.17, 15) is 5.26 Å². The van der Waals surface area contributed by atoms with Crippen LogP contribution in [-0.2, 0) is 6.42 Å². The summed E-state index contributed by atoms with van der Waals surface area (Å²) in [6, 6.07) is 51.4. The summed E-state index contributed by atoms with van der Waals surface area (Å²) in [6.45, 7) is 2.26. The summed E-state index contributed by atoms with van der Waals surface area (Å²) in [4.78, 5) is 0. The molecule has 1 unspecified atom stereocenters. The molecular weight excluding hydrogens is 675 g/mol. The topological polar surface area (TPSA) is 59.9 Å². The van der Waals surface area contributed by atoms with Crippen LogP contribution in [0.5, 0.6) is 0 Å². The lowest BCUT2D eigenvalue weighted by atomic mass is 9.94. The molecule has 0 N–H and O–H groups in total. The molecule has 1 atom stereocenters. The average molecular weight is 706 g/mol. The standard InChI is InChI=1S/C50H31N3O2/c1-29-17-22-35-39-27-49-41(37-12-4-7-16-47(37)55-49)25-45(39)53(43(35)23-29)50-31(28-51)9-8-13-33(50)30-18-20-32(21-19-30)52-42-14-5-2-10-34(42)38-26-48-40(24-44(38)52)36-11-3-6-15-46(36)54-48/h2-22,24-27,29H,23H2,1H3. The Morgan fingerprint density at radius 1 is 0.564 bits per heavy atom. The van der Waals surface area contributed by atoms with Crippen molar-refractivity contribution in [2.24, 2.45) is 5.92 Å². The van der Waals surface area contributed by atoms with Crippen molar-refractivity contribution in [2.45, 2.75) is 13.3 Å². The van der Waals surface area contributed by atoms with E-state index in [0.29, 0.717) is 11.5 Å². The average Bonchev–Trinajstić information content (AvgIpc) is 3.96. The Balaban J connectivity index is 1.08. The molecule has 0 fully saturated rings. The highest BCUT2D eigenvalue weighted by Crippen LogP contribution is 2.43. The van der Waals surface area contributed by atoms with Gasteiger partial charge in [-0.05, 0) is 78.6 Å². The number of para-hydroxylation sites is 4. The summed E-state index contributed by atoms with van der Waals surface area (Å²) in [6.07, 6.45) is 5.42. The fraction of sp³-hybridized carbons (Fsp3) is 0.0600. The number of benzene rings is 7. The van der Waals surface area contributed by atoms with Gasteiger partial charge in [0.05, 0.1) is 27.8 Å². The third-order valence-electron chi connectivity index (χ3n) is 11.7. The van der Waals surface area contributed by atoms with Crippen LogP contribution in [-0.4, -0.2) is 9.13 Å². The third kappa shape index (κ3) is 4.22. The van der Waals surface area contributed by atoms with E-state index in [1.807, 2.05) is 36.4 Å². The van der Waals surface area contributed by atoms with E-state index in [2.05, 4.69) is 137 Å². The smallest absolute Gasteiger partial charge is 0.136 e. The first-order valence-electron chi connectivity index (χ1n) is 18.8. The first-order chi connectivity index (χ1) is 27.1. The Morgan fingerprint density at radius 3 is 1.91 bits per heavy atom. The van der Waals surface area contributed by atoms with Gasteiger partial charge in [-0.1, -0.05) is 97.9 Å². The SMILES string of the molecule is CC1C=Cc2c(n(-c3c(C#N)cccc3-c3ccc(-n4c5ccccc5c5cc6oc7ccccc7c6cc54)cc3)c3cc4c(cc23)oc2ccccc24)C1. The Hall–Kier alpha value is -7.29. The quantitative estimate of drug-likeness (QED) is 0.184. The summed E-state index contributed by atoms with van der Waals surface area (Å²) in [5.41, 5.74) is 14.0. The molecule has 0 amide bonds. The molecule has 0 bridgehead atoms. The fourth-order valence-electron chi connectivity index (χ4n) is 9.22. The van der Waals surface area contributed by atoms with Crippen molar-refractivity contribution < 1.29 is 8.83 Å². The molecule has 1 aliphatic rings. The van der Waals surface area contributed by atoms with Crippen LogP contribution in [0.15, 0.2) is 154 Å². The van der Waals surface area contributed by atoms with E-state index in [1.165, 1.54) is 16.6 Å². The molecular formula is C50H31N3O2. The van der Waals surface area contributed by atoms with E-state index in [-0.39, 0.29) is 0 Å². The summed E-state index contributed by atoms with van der Waals surface area (Å²) < 4.78 is 17.4. The van der Waals surface area contributed by atoms with Crippen LogP contribution in [0.4, 0.5) is 0 Å². The summed E-state index contributed by atoms with van der Waals surface area (Å²) >= 11 is 0. The van der Waals surface area contributed by atoms with Crippen molar-refractivity contribution in [3.8, 4) is 28.6 Å². The zero-order valence-corrected chi connectivity index (χ0v) is 29.9. The van der Waals surface area contributed by atoms with E-state index in [4.69, 9.17) is 8.83 Å². The minimum Gasteiger partial charge on any atom is -0.456 e. The molecule has 0 aliphatic heterocycles. The van der Waals surface area contributed by atoms with Gasteiger partial charge < -0.3 is 18.0 Å². The predicted molar refractivity (Wildman–Crippen MR) is 224 cm³/mol. The second-order valence-corrected chi connectivity index (χ2v) is 14.9. The van der Waals surface area contributed by atoms with E-state index >= 15 is 0 Å². The van der Waals surface area contributed by atoms with Gasteiger partial charge in [-0.3, -0.25) is 0 Å². The molecule has 4 heterocycles. The van der Waals surface area contributed by atoms with Gasteiger partial charge in [0.15, 0.2) is 0 Å². The number of nitriles is 1. The molecule has 7 aromatic carbocycles. The highest BCUT2D eigenvalue weighted by molar-refractivity contribution is 6.17. The predicted octanol–water partition coefficient (Wildman–Crippen LogP) is 13.3. The summed E-state index contributed by atoms with van der Waals surface area (Å²) in [7, 11) is 0. The second kappa shape index (κ2) is 11.1. The first kappa shape index (κ1) is 30.2. The zero-order valence-electron chi connectivity index (χ0n) is 29.9. The van der Waals surface area contributed by atoms with Gasteiger partial charge in [-0.15, -0.1) is 0 Å². The molecule has 5 nitrogen and oxygen atoms in total. The highest BCUT2D eigenvalue weighted by Gasteiger charge is 2.26. The van der Waals surface area contributed by atoms with Crippen LogP contribution in [0.1, 0.15) is 23.7 Å². The number of allylic oxidation sites excluding steroid dienone is 1. The maximum atomic E-state index is 10.7. The van der Waals surface area contributed by atoms with Gasteiger partial charge in [0.25, 0.3) is 0 Å². The molecule has 0 saturated heterocycles. The van der Waals surface area contributed by atoms with Crippen molar-refractivity contribution in [2.75, 3.05) is 0 Å². The number of fused-ring (bicyclic) bond motifs is 12. The summed E-state index contributed by atoms with van der Waals surface area (Å²) in [5.74, 6) is 0.365. The van der Waals surface area contributed by atoms with Crippen LogP contribution < -0.4 is 0 Å². The first-order valence-corrected chi connectivity index (χ1v) is 18.8. The van der Waals surface area contributed by atoms with Crippen LogP contribution in [0, 0.1) is 17.2 Å². The molecule has 0 spiro atoms. The molecule has 11 aromatic rings. The third-order valence-corrected chi connectivity index (χ3v) is 11.7. The molecule has 12 rings (SSSR count). The molecule has 0 saturated carbocycles. The van der Waals surface area contributed by atoms with E-state index in [1.54, 1.807) is 0 Å². The molecule has 0 radical (unpaired) electrons. The van der Waals surface area contributed by atoms with Crippen molar-refractivity contribution in [3.05, 3.63) is 162 Å². The van der Waals surface area contributed by atoms with Crippen molar-refractivity contribution >= 4 is 82.7 Å². The highest BCUT2D eigenvalue weighted by atomic mass is 16.3. The monoisotopic (exact) mass is 705 g/mol. The number of hydrogen-bond donors (Lipinski definition) is 0. The maximum absolute atomic E-state index is 10.7. The van der Waals surface area contributed by atoms with Crippen molar-refractivity contribution in [3.63, 3.8) is 0 Å². The minimum absolute atomic E-state index is 0.365. The number of hydrogen-bond acceptors (Lipinski definition) is 3. The molecule has 1 aliphatic carbocycles. The fourth-order valence-corrected chi connectivity index (χ4v) is 9.22. The minimum atomic E-state index is 0.365. The van der Waals surface area contributed by atoms with E-state index < -0.39 is 0 Å². The van der Waals surface area contributed by atoms with Gasteiger partial charge >= 0.3 is 0 Å². The van der Waals surface area contributed by atoms with Crippen LogP contribution in [0.2, 0.25) is 0 Å². The van der Waals surface area contributed by atoms with Crippen LogP contribution >= 0.6 is 0 Å². The summed E-state index contributed by atoms with van der Waals surface area (Å²) in [5, 5.41) is 18.5. The van der Waals surface area contributed by atoms with E-state index in [0.717, 1.165) is 100 Å². The van der Waals surface area contributed by atoms with Crippen molar-refractivity contribution in [1.29, 1.82) is 5.26 Å². The van der Waals surface area contributed by atoms with Gasteiger partial charge in [0.2, 0.25) is 0 Å². The second-order valence-electron chi connectivity index (χ2n) is 14.9. The molecule has 5 heteroatoms. The number of nitrogens with zero attached hydrogens (tertiary/aromatic N) is 3. The Morgan fingerprint density at radius 2 is 1.20 bits per heavy atom. The maximum Gasteiger partial charge on any atom is 0.136 e. The zero-order chi connectivity index (χ0) is 36.4. The molecule has 4 aromatic heterocycles. The van der Waals surface area contributed by atoms with Gasteiger partial charge in [0.1, 0.15) is 28.4 Å². The number of rotatable bonds is 3. The largest absolute Gasteiger partial charge is 0.456 e. The number of aromatic nitrogens is 2. The Labute approximate surface area is 315 Å². The van der Waals surface area contributed by atoms with Crippen molar-refractivity contribution in [1.82, 2.24) is 9.13 Å². The van der Waals surface area contributed by atoms with Crippen LogP contribution in [0.25, 0.3) is 105 Å². The lowest BCUT2D eigenvalue weighted by molar-refractivity contribution is 0.669. The lowest BCUT2D eigenvalue weighted by Crippen LogP contribution is -2.10. The Kier molecular flexibility index (Phi) is 6.10. The Bertz CT molecular complexity index is 3490. The molecule has 258 valence electrons. The lowest BCUT2D eigenvalue weighted by Gasteiger charge is -2.21. The van der Waals surface area contributed by atoms with Gasteiger partial charge in [-0.25, -0.2) is 0 Å². The normalized spacial score (nSPS) is 14.3. The van der Waals surface area contributed by atoms with Crippen LogP contribution in [0.3, 0.4) is 0 Å². The number of furan rings is 2. The molecule has 55 heavy (non-hydrogen) atoms. The van der Waals surface area contributed by atoms with Gasteiger partial charge in [0, 0.05) is 60.2 Å².